The number of aryl methyl sites for hydroxylation is 2. The van der Waals surface area contributed by atoms with Gasteiger partial charge in [0.25, 0.3) is 0 Å². The van der Waals surface area contributed by atoms with Crippen LogP contribution in [0.15, 0.2) is 12.1 Å². The van der Waals surface area contributed by atoms with Crippen LogP contribution in [0.1, 0.15) is 35.4 Å². The Morgan fingerprint density at radius 2 is 1.88 bits per heavy atom. The molecule has 1 aromatic carbocycles. The number of benzene rings is 1. The SMILES string of the molecule is Cc1cc2c(cc1C)C(C(=O)N1CCC(N(C)CC(=O)O)CC1)CO2. The molecule has 1 aromatic rings. The van der Waals surface area contributed by atoms with Crippen molar-refractivity contribution in [2.45, 2.75) is 38.6 Å². The van der Waals surface area contributed by atoms with Crippen molar-refractivity contribution in [3.63, 3.8) is 0 Å². The number of amides is 1. The van der Waals surface area contributed by atoms with Gasteiger partial charge in [0, 0.05) is 24.7 Å². The van der Waals surface area contributed by atoms with Gasteiger partial charge in [0.05, 0.1) is 6.54 Å². The molecule has 1 N–H and O–H groups in total. The third-order valence-corrected chi connectivity index (χ3v) is 5.49. The number of carbonyl (C=O) groups excluding carboxylic acids is 1. The number of carbonyl (C=O) groups is 2. The van der Waals surface area contributed by atoms with Crippen molar-refractivity contribution >= 4 is 11.9 Å². The number of carboxylic acid groups (broad SMARTS) is 1. The molecule has 0 saturated carbocycles. The first-order valence-electron chi connectivity index (χ1n) is 8.81. The van der Waals surface area contributed by atoms with Crippen LogP contribution in [0.3, 0.4) is 0 Å². The van der Waals surface area contributed by atoms with Crippen molar-refractivity contribution in [1.82, 2.24) is 9.80 Å². The van der Waals surface area contributed by atoms with E-state index in [0.717, 1.165) is 24.2 Å². The largest absolute Gasteiger partial charge is 0.492 e. The van der Waals surface area contributed by atoms with Crippen LogP contribution in [0.2, 0.25) is 0 Å². The van der Waals surface area contributed by atoms with E-state index < -0.39 is 5.97 Å². The minimum Gasteiger partial charge on any atom is -0.492 e. The zero-order valence-electron chi connectivity index (χ0n) is 15.1. The average Bonchev–Trinajstić information content (AvgIpc) is 2.97. The summed E-state index contributed by atoms with van der Waals surface area (Å²) in [6, 6.07) is 4.32. The topological polar surface area (TPSA) is 70.1 Å². The highest BCUT2D eigenvalue weighted by atomic mass is 16.5. The number of piperidine rings is 1. The van der Waals surface area contributed by atoms with Gasteiger partial charge in [-0.3, -0.25) is 14.5 Å². The van der Waals surface area contributed by atoms with Crippen LogP contribution in [-0.2, 0) is 9.59 Å². The van der Waals surface area contributed by atoms with Gasteiger partial charge in [-0.1, -0.05) is 6.07 Å². The van der Waals surface area contributed by atoms with Gasteiger partial charge >= 0.3 is 5.97 Å². The van der Waals surface area contributed by atoms with Gasteiger partial charge in [-0.25, -0.2) is 0 Å². The van der Waals surface area contributed by atoms with Crippen molar-refractivity contribution in [1.29, 1.82) is 0 Å². The van der Waals surface area contributed by atoms with Gasteiger partial charge in [0.2, 0.25) is 5.91 Å². The van der Waals surface area contributed by atoms with E-state index in [0.29, 0.717) is 19.7 Å². The lowest BCUT2D eigenvalue weighted by Gasteiger charge is -2.37. The lowest BCUT2D eigenvalue weighted by atomic mass is 9.94. The fraction of sp³-hybridized carbons (Fsp3) is 0.579. The number of hydrogen-bond acceptors (Lipinski definition) is 4. The first kappa shape index (κ1) is 17.7. The summed E-state index contributed by atoms with van der Waals surface area (Å²) in [4.78, 5) is 27.6. The summed E-state index contributed by atoms with van der Waals surface area (Å²) in [7, 11) is 1.84. The molecule has 2 aliphatic heterocycles. The first-order chi connectivity index (χ1) is 11.9. The molecule has 25 heavy (non-hydrogen) atoms. The summed E-state index contributed by atoms with van der Waals surface area (Å²) in [5.74, 6) is -0.0761. The molecule has 1 unspecified atom stereocenters. The number of hydrogen-bond donors (Lipinski definition) is 1. The number of rotatable bonds is 4. The van der Waals surface area contributed by atoms with Crippen molar-refractivity contribution in [2.75, 3.05) is 33.3 Å². The number of fused-ring (bicyclic) bond motifs is 1. The molecule has 0 aliphatic carbocycles. The van der Waals surface area contributed by atoms with Crippen LogP contribution in [0.25, 0.3) is 0 Å². The summed E-state index contributed by atoms with van der Waals surface area (Å²) in [5, 5.41) is 8.91. The molecule has 0 spiro atoms. The van der Waals surface area contributed by atoms with E-state index >= 15 is 0 Å². The molecule has 136 valence electrons. The van der Waals surface area contributed by atoms with E-state index in [4.69, 9.17) is 9.84 Å². The summed E-state index contributed by atoms with van der Waals surface area (Å²) in [6.07, 6.45) is 1.62. The molecule has 0 radical (unpaired) electrons. The summed E-state index contributed by atoms with van der Waals surface area (Å²) < 4.78 is 5.74. The molecule has 1 fully saturated rings. The lowest BCUT2D eigenvalue weighted by molar-refractivity contribution is -0.140. The molecule has 1 saturated heterocycles. The molecule has 6 heteroatoms. The lowest BCUT2D eigenvalue weighted by Crippen LogP contribution is -2.48. The molecule has 6 nitrogen and oxygen atoms in total. The van der Waals surface area contributed by atoms with Crippen LogP contribution < -0.4 is 4.74 Å². The van der Waals surface area contributed by atoms with Crippen molar-refractivity contribution < 1.29 is 19.4 Å². The molecule has 0 bridgehead atoms. The highest BCUT2D eigenvalue weighted by molar-refractivity contribution is 5.86. The van der Waals surface area contributed by atoms with Gasteiger partial charge < -0.3 is 14.7 Å². The van der Waals surface area contributed by atoms with Crippen LogP contribution in [0.5, 0.6) is 5.75 Å². The third-order valence-electron chi connectivity index (χ3n) is 5.49. The van der Waals surface area contributed by atoms with Crippen LogP contribution in [-0.4, -0.2) is 66.1 Å². The maximum absolute atomic E-state index is 13.0. The number of likely N-dealkylation sites (tertiary alicyclic amines) is 1. The Balaban J connectivity index is 1.63. The van der Waals surface area contributed by atoms with Gasteiger partial charge in [-0.2, -0.15) is 0 Å². The summed E-state index contributed by atoms with van der Waals surface area (Å²) in [6.45, 7) is 5.90. The highest BCUT2D eigenvalue weighted by Gasteiger charge is 2.35. The van der Waals surface area contributed by atoms with Gasteiger partial charge in [-0.15, -0.1) is 0 Å². The quantitative estimate of drug-likeness (QED) is 0.900. The molecule has 2 heterocycles. The van der Waals surface area contributed by atoms with Crippen molar-refractivity contribution in [2.24, 2.45) is 0 Å². The Morgan fingerprint density at radius 1 is 1.24 bits per heavy atom. The third kappa shape index (κ3) is 3.63. The second kappa shape index (κ2) is 7.04. The second-order valence-corrected chi connectivity index (χ2v) is 7.20. The number of ether oxygens (including phenoxy) is 1. The minimum absolute atomic E-state index is 0.0427. The van der Waals surface area contributed by atoms with Crippen molar-refractivity contribution in [3.8, 4) is 5.75 Å². The van der Waals surface area contributed by atoms with E-state index in [2.05, 4.69) is 13.0 Å². The number of nitrogens with zero attached hydrogens (tertiary/aromatic N) is 2. The fourth-order valence-electron chi connectivity index (χ4n) is 3.77. The van der Waals surface area contributed by atoms with E-state index in [-0.39, 0.29) is 24.4 Å². The molecule has 0 aromatic heterocycles. The second-order valence-electron chi connectivity index (χ2n) is 7.20. The maximum Gasteiger partial charge on any atom is 0.317 e. The van der Waals surface area contributed by atoms with E-state index in [1.807, 2.05) is 29.8 Å². The Labute approximate surface area is 148 Å². The smallest absolute Gasteiger partial charge is 0.317 e. The minimum atomic E-state index is -0.814. The fourth-order valence-corrected chi connectivity index (χ4v) is 3.77. The van der Waals surface area contributed by atoms with Gasteiger partial charge in [0.15, 0.2) is 0 Å². The molecule has 2 aliphatic rings. The Kier molecular flexibility index (Phi) is 4.99. The van der Waals surface area contributed by atoms with Gasteiger partial charge in [-0.05, 0) is 50.9 Å². The molecular formula is C19H26N2O4. The van der Waals surface area contributed by atoms with E-state index in [9.17, 15) is 9.59 Å². The average molecular weight is 346 g/mol. The van der Waals surface area contributed by atoms with E-state index in [1.54, 1.807) is 0 Å². The Bertz CT molecular complexity index is 680. The first-order valence-corrected chi connectivity index (χ1v) is 8.81. The van der Waals surface area contributed by atoms with Crippen LogP contribution in [0.4, 0.5) is 0 Å². The maximum atomic E-state index is 13.0. The number of aliphatic carboxylic acids is 1. The standard InChI is InChI=1S/C19H26N2O4/c1-12-8-15-16(11-25-17(15)9-13(12)2)19(24)21-6-4-14(5-7-21)20(3)10-18(22)23/h8-9,14,16H,4-7,10-11H2,1-3H3,(H,22,23). The molecular weight excluding hydrogens is 320 g/mol. The zero-order valence-corrected chi connectivity index (χ0v) is 15.1. The monoisotopic (exact) mass is 346 g/mol. The molecule has 1 atom stereocenters. The molecule has 1 amide bonds. The van der Waals surface area contributed by atoms with Crippen LogP contribution >= 0.6 is 0 Å². The highest BCUT2D eigenvalue weighted by Crippen LogP contribution is 2.37. The predicted octanol–water partition coefficient (Wildman–Crippen LogP) is 1.79. The summed E-state index contributed by atoms with van der Waals surface area (Å²) in [5.41, 5.74) is 3.35. The van der Waals surface area contributed by atoms with Crippen LogP contribution in [0, 0.1) is 13.8 Å². The van der Waals surface area contributed by atoms with E-state index in [1.165, 1.54) is 11.1 Å². The number of likely N-dealkylation sites (N-methyl/N-ethyl adjacent to an activating group) is 1. The van der Waals surface area contributed by atoms with Gasteiger partial charge in [0.1, 0.15) is 18.3 Å². The number of carboxylic acids is 1. The van der Waals surface area contributed by atoms with Crippen molar-refractivity contribution in [3.05, 3.63) is 28.8 Å². The molecule has 3 rings (SSSR count). The summed E-state index contributed by atoms with van der Waals surface area (Å²) >= 11 is 0. The normalized spacial score (nSPS) is 20.5. The zero-order chi connectivity index (χ0) is 18.1. The Hall–Kier alpha value is -2.08. The Morgan fingerprint density at radius 3 is 2.52 bits per heavy atom. The predicted molar refractivity (Wildman–Crippen MR) is 94.0 cm³/mol.